The van der Waals surface area contributed by atoms with Gasteiger partial charge in [0.25, 0.3) is 0 Å². The third kappa shape index (κ3) is 3.30. The van der Waals surface area contributed by atoms with Gasteiger partial charge in [0, 0.05) is 12.6 Å². The maximum atomic E-state index is 10.8. The topological polar surface area (TPSA) is 49.3 Å². The molecule has 0 heterocycles. The highest BCUT2D eigenvalue weighted by molar-refractivity contribution is 5.87. The Morgan fingerprint density at radius 2 is 2.35 bits per heavy atom. The van der Waals surface area contributed by atoms with Crippen LogP contribution in [0.5, 0.6) is 0 Å². The molecule has 2 N–H and O–H groups in total. The third-order valence-corrected chi connectivity index (χ3v) is 3.32. The zero-order valence-corrected chi connectivity index (χ0v) is 10.1. The molecular weight excluding hydrogens is 214 g/mol. The van der Waals surface area contributed by atoms with E-state index in [9.17, 15) is 4.79 Å². The molecule has 2 atom stereocenters. The third-order valence-electron chi connectivity index (χ3n) is 3.32. The molecule has 3 heteroatoms. The zero-order chi connectivity index (χ0) is 12.3. The quantitative estimate of drug-likeness (QED) is 0.794. The number of hydrogen-bond acceptors (Lipinski definition) is 2. The van der Waals surface area contributed by atoms with Crippen LogP contribution < -0.4 is 5.32 Å². The van der Waals surface area contributed by atoms with Crippen LogP contribution in [0, 0.1) is 5.92 Å². The number of aromatic carboxylic acids is 1. The Morgan fingerprint density at radius 3 is 3.06 bits per heavy atom. The van der Waals surface area contributed by atoms with Gasteiger partial charge in [-0.3, -0.25) is 0 Å². The Balaban J connectivity index is 1.83. The molecule has 1 aliphatic rings. The van der Waals surface area contributed by atoms with Gasteiger partial charge in [-0.1, -0.05) is 25.5 Å². The second-order valence-corrected chi connectivity index (χ2v) is 4.78. The summed E-state index contributed by atoms with van der Waals surface area (Å²) >= 11 is 0. The molecule has 0 saturated heterocycles. The average Bonchev–Trinajstić information content (AvgIpc) is 3.06. The summed E-state index contributed by atoms with van der Waals surface area (Å²) in [4.78, 5) is 10.8. The van der Waals surface area contributed by atoms with E-state index in [0.29, 0.717) is 11.6 Å². The van der Waals surface area contributed by atoms with Crippen molar-refractivity contribution in [2.24, 2.45) is 5.92 Å². The lowest BCUT2D eigenvalue weighted by Crippen LogP contribution is -2.17. The molecule has 92 valence electrons. The smallest absolute Gasteiger partial charge is 0.335 e. The van der Waals surface area contributed by atoms with Crippen molar-refractivity contribution < 1.29 is 9.90 Å². The van der Waals surface area contributed by atoms with Crippen LogP contribution in [0.2, 0.25) is 0 Å². The predicted molar refractivity (Wildman–Crippen MR) is 67.0 cm³/mol. The fourth-order valence-electron chi connectivity index (χ4n) is 2.25. The van der Waals surface area contributed by atoms with Crippen LogP contribution in [0.1, 0.15) is 42.1 Å². The van der Waals surface area contributed by atoms with E-state index in [1.165, 1.54) is 19.3 Å². The Labute approximate surface area is 102 Å². The van der Waals surface area contributed by atoms with Gasteiger partial charge < -0.3 is 10.4 Å². The lowest BCUT2D eigenvalue weighted by molar-refractivity contribution is 0.0697. The van der Waals surface area contributed by atoms with E-state index in [-0.39, 0.29) is 0 Å². The minimum atomic E-state index is -0.859. The van der Waals surface area contributed by atoms with E-state index in [0.717, 1.165) is 18.0 Å². The zero-order valence-electron chi connectivity index (χ0n) is 10.1. The number of carbonyl (C=O) groups is 1. The van der Waals surface area contributed by atoms with E-state index in [1.807, 2.05) is 6.07 Å². The normalized spacial score (nSPS) is 22.4. The second kappa shape index (κ2) is 5.32. The first-order valence-electron chi connectivity index (χ1n) is 6.26. The van der Waals surface area contributed by atoms with Crippen LogP contribution in [-0.2, 0) is 6.54 Å². The Hall–Kier alpha value is -1.35. The molecule has 3 nitrogen and oxygen atoms in total. The number of rotatable bonds is 6. The molecule has 0 bridgehead atoms. The van der Waals surface area contributed by atoms with Crippen molar-refractivity contribution >= 4 is 5.97 Å². The number of carboxylic acids is 1. The van der Waals surface area contributed by atoms with Gasteiger partial charge in [0.1, 0.15) is 0 Å². The van der Waals surface area contributed by atoms with Crippen LogP contribution in [-0.4, -0.2) is 17.1 Å². The highest BCUT2D eigenvalue weighted by Gasteiger charge is 2.35. The van der Waals surface area contributed by atoms with Crippen molar-refractivity contribution in [2.75, 3.05) is 0 Å². The van der Waals surface area contributed by atoms with Crippen molar-refractivity contribution in [3.05, 3.63) is 35.4 Å². The van der Waals surface area contributed by atoms with Gasteiger partial charge in [-0.25, -0.2) is 4.79 Å². The molecule has 2 unspecified atom stereocenters. The fourth-order valence-corrected chi connectivity index (χ4v) is 2.25. The minimum Gasteiger partial charge on any atom is -0.478 e. The van der Waals surface area contributed by atoms with E-state index in [2.05, 4.69) is 12.2 Å². The average molecular weight is 233 g/mol. The van der Waals surface area contributed by atoms with Crippen LogP contribution in [0.25, 0.3) is 0 Å². The van der Waals surface area contributed by atoms with Crippen molar-refractivity contribution in [3.8, 4) is 0 Å². The first-order chi connectivity index (χ1) is 8.20. The van der Waals surface area contributed by atoms with Gasteiger partial charge >= 0.3 is 5.97 Å². The van der Waals surface area contributed by atoms with Crippen LogP contribution in [0.4, 0.5) is 0 Å². The predicted octanol–water partition coefficient (Wildman–Crippen LogP) is 2.66. The molecule has 2 rings (SSSR count). The van der Waals surface area contributed by atoms with Crippen LogP contribution in [0.15, 0.2) is 24.3 Å². The maximum absolute atomic E-state index is 10.8. The summed E-state index contributed by atoms with van der Waals surface area (Å²) in [6.45, 7) is 2.98. The van der Waals surface area contributed by atoms with Crippen molar-refractivity contribution in [3.63, 3.8) is 0 Å². The summed E-state index contributed by atoms with van der Waals surface area (Å²) in [5.41, 5.74) is 1.41. The Morgan fingerprint density at radius 1 is 1.53 bits per heavy atom. The summed E-state index contributed by atoms with van der Waals surface area (Å²) in [5, 5.41) is 12.4. The molecular formula is C14H19NO2. The van der Waals surface area contributed by atoms with Gasteiger partial charge in [-0.15, -0.1) is 0 Å². The van der Waals surface area contributed by atoms with Gasteiger partial charge in [0.2, 0.25) is 0 Å². The van der Waals surface area contributed by atoms with Gasteiger partial charge in [-0.2, -0.15) is 0 Å². The SMILES string of the molecule is CCCC1CC1NCc1cccc(C(=O)O)c1. The molecule has 0 aromatic heterocycles. The lowest BCUT2D eigenvalue weighted by atomic mass is 10.1. The Bertz CT molecular complexity index is 403. The number of carboxylic acid groups (broad SMARTS) is 1. The van der Waals surface area contributed by atoms with Crippen molar-refractivity contribution in [2.45, 2.75) is 38.8 Å². The summed E-state index contributed by atoms with van der Waals surface area (Å²) in [6, 6.07) is 7.78. The number of hydrogen-bond donors (Lipinski definition) is 2. The minimum absolute atomic E-state index is 0.366. The first kappa shape index (κ1) is 12.1. The maximum Gasteiger partial charge on any atom is 0.335 e. The molecule has 1 aliphatic carbocycles. The molecule has 1 aromatic carbocycles. The van der Waals surface area contributed by atoms with Gasteiger partial charge in [0.15, 0.2) is 0 Å². The molecule has 1 saturated carbocycles. The largest absolute Gasteiger partial charge is 0.478 e. The fraction of sp³-hybridized carbons (Fsp3) is 0.500. The van der Waals surface area contributed by atoms with E-state index in [4.69, 9.17) is 5.11 Å². The molecule has 1 fully saturated rings. The highest BCUT2D eigenvalue weighted by Crippen LogP contribution is 2.34. The molecule has 1 aromatic rings. The highest BCUT2D eigenvalue weighted by atomic mass is 16.4. The summed E-state index contributed by atoms with van der Waals surface area (Å²) in [7, 11) is 0. The first-order valence-corrected chi connectivity index (χ1v) is 6.26. The molecule has 0 radical (unpaired) electrons. The van der Waals surface area contributed by atoms with Gasteiger partial charge in [0.05, 0.1) is 5.56 Å². The number of nitrogens with one attached hydrogen (secondary N) is 1. The standard InChI is InChI=1S/C14H19NO2/c1-2-4-11-8-13(11)15-9-10-5-3-6-12(7-10)14(16)17/h3,5-7,11,13,15H,2,4,8-9H2,1H3,(H,16,17). The second-order valence-electron chi connectivity index (χ2n) is 4.78. The van der Waals surface area contributed by atoms with E-state index in [1.54, 1.807) is 18.2 Å². The summed E-state index contributed by atoms with van der Waals surface area (Å²) in [6.07, 6.45) is 3.82. The van der Waals surface area contributed by atoms with Crippen LogP contribution in [0.3, 0.4) is 0 Å². The molecule has 0 spiro atoms. The van der Waals surface area contributed by atoms with Crippen LogP contribution >= 0.6 is 0 Å². The van der Waals surface area contributed by atoms with Gasteiger partial charge in [-0.05, 0) is 36.5 Å². The van der Waals surface area contributed by atoms with Crippen molar-refractivity contribution in [1.29, 1.82) is 0 Å². The molecule has 0 aliphatic heterocycles. The number of benzene rings is 1. The van der Waals surface area contributed by atoms with Crippen molar-refractivity contribution in [1.82, 2.24) is 5.32 Å². The van der Waals surface area contributed by atoms with E-state index < -0.39 is 5.97 Å². The summed E-state index contributed by atoms with van der Waals surface area (Å²) < 4.78 is 0. The molecule has 17 heavy (non-hydrogen) atoms. The molecule has 0 amide bonds. The lowest BCUT2D eigenvalue weighted by Gasteiger charge is -2.05. The Kier molecular flexibility index (Phi) is 3.79. The van der Waals surface area contributed by atoms with E-state index >= 15 is 0 Å². The monoisotopic (exact) mass is 233 g/mol. The summed E-state index contributed by atoms with van der Waals surface area (Å²) in [5.74, 6) is -0.0233.